The standard InChI is InChI=1S/C12H14Br3NO2.ClH/c13-6-4-7(14)12(18)9(15)8(6)10(16)11(17)5-2-1-3-5;/h4-5,10-11,17-18H,1-3,16H2;1H/t10-,11+;/m1./s1. The number of aliphatic hydroxyl groups is 1. The molecule has 0 aliphatic heterocycles. The lowest BCUT2D eigenvalue weighted by atomic mass is 9.77. The number of nitrogens with two attached hydrogens (primary N) is 1. The second-order valence-corrected chi connectivity index (χ2v) is 7.13. The summed E-state index contributed by atoms with van der Waals surface area (Å²) in [6, 6.07) is 1.22. The van der Waals surface area contributed by atoms with Crippen LogP contribution >= 0.6 is 60.2 Å². The van der Waals surface area contributed by atoms with E-state index in [1.54, 1.807) is 6.07 Å². The number of hydrogen-bond acceptors (Lipinski definition) is 3. The number of aliphatic hydroxyl groups excluding tert-OH is 1. The van der Waals surface area contributed by atoms with Crippen molar-refractivity contribution in [3.8, 4) is 5.75 Å². The Bertz CT molecular complexity index is 469. The summed E-state index contributed by atoms with van der Waals surface area (Å²) in [7, 11) is 0. The van der Waals surface area contributed by atoms with E-state index in [4.69, 9.17) is 5.73 Å². The first-order chi connectivity index (χ1) is 8.43. The van der Waals surface area contributed by atoms with Crippen LogP contribution < -0.4 is 5.73 Å². The van der Waals surface area contributed by atoms with Crippen LogP contribution in [-0.4, -0.2) is 16.3 Å². The number of benzene rings is 1. The normalized spacial score (nSPS) is 18.4. The van der Waals surface area contributed by atoms with E-state index in [-0.39, 0.29) is 24.1 Å². The second kappa shape index (κ2) is 7.09. The van der Waals surface area contributed by atoms with Crippen LogP contribution in [0.1, 0.15) is 30.9 Å². The summed E-state index contributed by atoms with van der Waals surface area (Å²) in [5.41, 5.74) is 6.84. The topological polar surface area (TPSA) is 66.5 Å². The summed E-state index contributed by atoms with van der Waals surface area (Å²) < 4.78 is 1.87. The molecule has 1 fully saturated rings. The lowest BCUT2D eigenvalue weighted by Crippen LogP contribution is -2.36. The van der Waals surface area contributed by atoms with Crippen molar-refractivity contribution in [3.05, 3.63) is 25.0 Å². The minimum Gasteiger partial charge on any atom is -0.506 e. The van der Waals surface area contributed by atoms with Crippen molar-refractivity contribution in [1.82, 2.24) is 0 Å². The molecular weight excluding hydrogens is 465 g/mol. The van der Waals surface area contributed by atoms with Crippen molar-refractivity contribution in [1.29, 1.82) is 0 Å². The van der Waals surface area contributed by atoms with E-state index in [9.17, 15) is 10.2 Å². The smallest absolute Gasteiger partial charge is 0.144 e. The molecule has 1 aliphatic rings. The number of phenolic OH excluding ortho intramolecular Hbond substituents is 1. The third-order valence-corrected chi connectivity index (χ3v) is 5.58. The van der Waals surface area contributed by atoms with Crippen LogP contribution in [0.4, 0.5) is 0 Å². The van der Waals surface area contributed by atoms with E-state index in [2.05, 4.69) is 47.8 Å². The molecule has 1 saturated carbocycles. The molecule has 1 aromatic rings. The molecule has 0 amide bonds. The van der Waals surface area contributed by atoms with Crippen molar-refractivity contribution >= 4 is 60.2 Å². The van der Waals surface area contributed by atoms with E-state index in [0.717, 1.165) is 23.7 Å². The summed E-state index contributed by atoms with van der Waals surface area (Å²) in [5.74, 6) is 0.369. The molecule has 2 rings (SSSR count). The van der Waals surface area contributed by atoms with Crippen molar-refractivity contribution in [2.75, 3.05) is 0 Å². The Morgan fingerprint density at radius 3 is 2.26 bits per heavy atom. The van der Waals surface area contributed by atoms with Crippen LogP contribution in [0.25, 0.3) is 0 Å². The highest BCUT2D eigenvalue weighted by atomic mass is 79.9. The largest absolute Gasteiger partial charge is 0.506 e. The van der Waals surface area contributed by atoms with Gasteiger partial charge < -0.3 is 15.9 Å². The molecule has 7 heteroatoms. The zero-order chi connectivity index (χ0) is 13.4. The van der Waals surface area contributed by atoms with Gasteiger partial charge in [0.1, 0.15) is 5.75 Å². The maximum absolute atomic E-state index is 10.2. The molecule has 4 N–H and O–H groups in total. The number of hydrogen-bond donors (Lipinski definition) is 3. The fourth-order valence-corrected chi connectivity index (χ4v) is 4.79. The van der Waals surface area contributed by atoms with Gasteiger partial charge in [0.25, 0.3) is 0 Å². The molecular formula is C12H15Br3ClNO2. The molecule has 1 aromatic carbocycles. The summed E-state index contributed by atoms with van der Waals surface area (Å²) in [6.07, 6.45) is 2.62. The van der Waals surface area contributed by atoms with Gasteiger partial charge in [-0.25, -0.2) is 0 Å². The van der Waals surface area contributed by atoms with E-state index in [0.29, 0.717) is 14.5 Å². The third-order valence-electron chi connectivity index (χ3n) is 3.52. The van der Waals surface area contributed by atoms with Crippen LogP contribution in [0, 0.1) is 5.92 Å². The van der Waals surface area contributed by atoms with Gasteiger partial charge in [0.2, 0.25) is 0 Å². The van der Waals surface area contributed by atoms with Crippen molar-refractivity contribution in [3.63, 3.8) is 0 Å². The minimum atomic E-state index is -0.577. The lowest BCUT2D eigenvalue weighted by molar-refractivity contribution is 0.0410. The number of aromatic hydroxyl groups is 1. The fraction of sp³-hybridized carbons (Fsp3) is 0.500. The quantitative estimate of drug-likeness (QED) is 0.606. The van der Waals surface area contributed by atoms with Crippen LogP contribution in [0.15, 0.2) is 19.5 Å². The lowest BCUT2D eigenvalue weighted by Gasteiger charge is -2.34. The number of rotatable bonds is 3. The van der Waals surface area contributed by atoms with Crippen molar-refractivity contribution in [2.24, 2.45) is 11.7 Å². The molecule has 1 aliphatic carbocycles. The van der Waals surface area contributed by atoms with Gasteiger partial charge in [-0.1, -0.05) is 22.4 Å². The van der Waals surface area contributed by atoms with Crippen LogP contribution in [0.3, 0.4) is 0 Å². The Kier molecular flexibility index (Phi) is 6.61. The first-order valence-electron chi connectivity index (χ1n) is 5.73. The van der Waals surface area contributed by atoms with Gasteiger partial charge in [-0.2, -0.15) is 0 Å². The zero-order valence-electron chi connectivity index (χ0n) is 9.94. The van der Waals surface area contributed by atoms with E-state index >= 15 is 0 Å². The molecule has 0 aromatic heterocycles. The Morgan fingerprint density at radius 2 is 1.79 bits per heavy atom. The highest BCUT2D eigenvalue weighted by Gasteiger charge is 2.33. The average Bonchev–Trinajstić information content (AvgIpc) is 2.23. The van der Waals surface area contributed by atoms with E-state index in [1.165, 1.54) is 0 Å². The van der Waals surface area contributed by atoms with Gasteiger partial charge in [0, 0.05) is 10.0 Å². The molecule has 19 heavy (non-hydrogen) atoms. The highest BCUT2D eigenvalue weighted by Crippen LogP contribution is 2.44. The SMILES string of the molecule is Cl.N[C@H](c1c(Br)cc(Br)c(O)c1Br)[C@@H](O)C1CCC1. The molecule has 108 valence electrons. The van der Waals surface area contributed by atoms with Crippen LogP contribution in [0.2, 0.25) is 0 Å². The summed E-state index contributed by atoms with van der Waals surface area (Å²) in [5, 5.41) is 20.1. The molecule has 0 heterocycles. The minimum absolute atomic E-state index is 0. The van der Waals surface area contributed by atoms with Gasteiger partial charge in [-0.15, -0.1) is 12.4 Å². The summed E-state index contributed by atoms with van der Waals surface area (Å²) in [4.78, 5) is 0. The maximum Gasteiger partial charge on any atom is 0.144 e. The maximum atomic E-state index is 10.2. The molecule has 2 atom stereocenters. The molecule has 0 spiro atoms. The Morgan fingerprint density at radius 1 is 1.21 bits per heavy atom. The molecule has 0 bridgehead atoms. The third kappa shape index (κ3) is 3.47. The fourth-order valence-electron chi connectivity index (χ4n) is 2.15. The van der Waals surface area contributed by atoms with Crippen LogP contribution in [0.5, 0.6) is 5.75 Å². The zero-order valence-corrected chi connectivity index (χ0v) is 15.5. The molecule has 0 saturated heterocycles. The summed E-state index contributed by atoms with van der Waals surface area (Å²) in [6.45, 7) is 0. The van der Waals surface area contributed by atoms with Crippen LogP contribution in [-0.2, 0) is 0 Å². The van der Waals surface area contributed by atoms with E-state index in [1.807, 2.05) is 0 Å². The Hall–Kier alpha value is 0.670. The predicted octanol–water partition coefficient (Wildman–Crippen LogP) is 4.26. The van der Waals surface area contributed by atoms with E-state index < -0.39 is 12.1 Å². The van der Waals surface area contributed by atoms with Gasteiger partial charge in [-0.3, -0.25) is 0 Å². The summed E-state index contributed by atoms with van der Waals surface area (Å²) >= 11 is 10.0. The van der Waals surface area contributed by atoms with Crippen molar-refractivity contribution in [2.45, 2.75) is 31.4 Å². The molecule has 3 nitrogen and oxygen atoms in total. The Labute approximate surface area is 143 Å². The van der Waals surface area contributed by atoms with Gasteiger partial charge >= 0.3 is 0 Å². The molecule has 0 radical (unpaired) electrons. The second-order valence-electron chi connectivity index (χ2n) is 4.62. The van der Waals surface area contributed by atoms with Crippen molar-refractivity contribution < 1.29 is 10.2 Å². The number of halogens is 4. The van der Waals surface area contributed by atoms with Gasteiger partial charge in [0.15, 0.2) is 0 Å². The van der Waals surface area contributed by atoms with Gasteiger partial charge in [0.05, 0.1) is 21.1 Å². The Balaban J connectivity index is 0.00000180. The first-order valence-corrected chi connectivity index (χ1v) is 8.11. The first kappa shape index (κ1) is 17.7. The monoisotopic (exact) mass is 477 g/mol. The average molecular weight is 480 g/mol. The highest BCUT2D eigenvalue weighted by molar-refractivity contribution is 9.11. The predicted molar refractivity (Wildman–Crippen MR) is 88.7 cm³/mol. The van der Waals surface area contributed by atoms with Gasteiger partial charge in [-0.05, 0) is 56.7 Å². The number of phenols is 1. The molecule has 0 unspecified atom stereocenters.